The van der Waals surface area contributed by atoms with Gasteiger partial charge < -0.3 is 9.80 Å². The molecule has 142 valence electrons. The summed E-state index contributed by atoms with van der Waals surface area (Å²) >= 11 is 0. The van der Waals surface area contributed by atoms with Crippen LogP contribution in [0.2, 0.25) is 0 Å². The number of aromatic nitrogens is 2. The summed E-state index contributed by atoms with van der Waals surface area (Å²) in [7, 11) is 1.76. The maximum absolute atomic E-state index is 12.7. The maximum Gasteiger partial charge on any atom is 0.278 e. The number of likely N-dealkylation sites (tertiary alicyclic amines) is 1. The van der Waals surface area contributed by atoms with Crippen LogP contribution in [0.3, 0.4) is 0 Å². The minimum atomic E-state index is -0.124. The van der Waals surface area contributed by atoms with Crippen LogP contribution in [0, 0.1) is 5.92 Å². The molecule has 0 spiro atoms. The molecule has 1 N–H and O–H groups in total. The van der Waals surface area contributed by atoms with Gasteiger partial charge in [0, 0.05) is 43.9 Å². The molecule has 4 rings (SSSR count). The fraction of sp³-hybridized carbons (Fsp3) is 0.476. The molecule has 2 heterocycles. The number of hydrogen-bond acceptors (Lipinski definition) is 3. The number of nitrogens with zero attached hydrogens (tertiary/aromatic N) is 3. The Kier molecular flexibility index (Phi) is 4.97. The first-order chi connectivity index (χ1) is 13.1. The fourth-order valence-electron chi connectivity index (χ4n) is 3.73. The van der Waals surface area contributed by atoms with Gasteiger partial charge in [-0.3, -0.25) is 14.7 Å². The highest BCUT2D eigenvalue weighted by molar-refractivity contribution is 6.04. The Bertz CT molecular complexity index is 805. The lowest BCUT2D eigenvalue weighted by Crippen LogP contribution is -2.38. The number of para-hydroxylation sites is 1. The van der Waals surface area contributed by atoms with Crippen LogP contribution in [-0.2, 0) is 4.79 Å². The number of piperidine rings is 1. The van der Waals surface area contributed by atoms with E-state index in [0.717, 1.165) is 43.7 Å². The van der Waals surface area contributed by atoms with Crippen LogP contribution in [0.25, 0.3) is 0 Å². The Morgan fingerprint density at radius 1 is 1.15 bits per heavy atom. The number of anilines is 1. The van der Waals surface area contributed by atoms with E-state index >= 15 is 0 Å². The monoisotopic (exact) mass is 366 g/mol. The maximum atomic E-state index is 12.7. The van der Waals surface area contributed by atoms with Crippen molar-refractivity contribution in [3.8, 4) is 0 Å². The molecular formula is C21H26N4O2. The number of aromatic amines is 1. The number of amides is 2. The second-order valence-corrected chi connectivity index (χ2v) is 7.71. The van der Waals surface area contributed by atoms with Crippen molar-refractivity contribution in [1.82, 2.24) is 15.1 Å². The number of H-pyrrole nitrogens is 1. The lowest BCUT2D eigenvalue weighted by molar-refractivity contribution is -0.132. The molecule has 0 bridgehead atoms. The quantitative estimate of drug-likeness (QED) is 0.883. The van der Waals surface area contributed by atoms with E-state index in [-0.39, 0.29) is 5.91 Å². The van der Waals surface area contributed by atoms with Gasteiger partial charge in [-0.25, -0.2) is 0 Å². The van der Waals surface area contributed by atoms with E-state index in [0.29, 0.717) is 23.4 Å². The molecule has 0 unspecified atom stereocenters. The molecule has 1 saturated carbocycles. The number of rotatable bonds is 5. The summed E-state index contributed by atoms with van der Waals surface area (Å²) in [6, 6.07) is 11.4. The lowest BCUT2D eigenvalue weighted by atomic mass is 9.93. The largest absolute Gasteiger partial charge is 0.343 e. The third-order valence-corrected chi connectivity index (χ3v) is 5.71. The minimum Gasteiger partial charge on any atom is -0.343 e. The molecule has 1 saturated heterocycles. The summed E-state index contributed by atoms with van der Waals surface area (Å²) < 4.78 is 0. The average molecular weight is 366 g/mol. The van der Waals surface area contributed by atoms with Gasteiger partial charge in [0.15, 0.2) is 5.69 Å². The predicted molar refractivity (Wildman–Crippen MR) is 104 cm³/mol. The zero-order valence-corrected chi connectivity index (χ0v) is 15.7. The van der Waals surface area contributed by atoms with E-state index in [1.807, 2.05) is 41.3 Å². The molecule has 0 atom stereocenters. The zero-order valence-electron chi connectivity index (χ0n) is 15.7. The van der Waals surface area contributed by atoms with E-state index in [2.05, 4.69) is 10.2 Å². The highest BCUT2D eigenvalue weighted by Crippen LogP contribution is 2.34. The summed E-state index contributed by atoms with van der Waals surface area (Å²) in [5.41, 5.74) is 2.27. The molecule has 27 heavy (non-hydrogen) atoms. The van der Waals surface area contributed by atoms with Crippen molar-refractivity contribution in [2.75, 3.05) is 25.0 Å². The first-order valence-corrected chi connectivity index (χ1v) is 9.78. The topological polar surface area (TPSA) is 69.3 Å². The molecule has 1 aliphatic heterocycles. The molecule has 2 amide bonds. The minimum absolute atomic E-state index is 0.124. The number of hydrogen-bond donors (Lipinski definition) is 1. The van der Waals surface area contributed by atoms with Gasteiger partial charge in [-0.2, -0.15) is 5.10 Å². The second kappa shape index (κ2) is 7.55. The SMILES string of the molecule is CN(C(=O)c1cc(C2CCN(C(=O)CC3CC3)CC2)[nH]n1)c1ccccc1. The van der Waals surface area contributed by atoms with E-state index in [4.69, 9.17) is 0 Å². The van der Waals surface area contributed by atoms with Crippen molar-refractivity contribution in [3.63, 3.8) is 0 Å². The molecule has 6 nitrogen and oxygen atoms in total. The van der Waals surface area contributed by atoms with Crippen LogP contribution in [0.15, 0.2) is 36.4 Å². The Hall–Kier alpha value is -2.63. The van der Waals surface area contributed by atoms with E-state index in [9.17, 15) is 9.59 Å². The van der Waals surface area contributed by atoms with E-state index in [1.165, 1.54) is 12.8 Å². The van der Waals surface area contributed by atoms with Crippen molar-refractivity contribution in [1.29, 1.82) is 0 Å². The van der Waals surface area contributed by atoms with Crippen molar-refractivity contribution in [2.45, 2.75) is 38.0 Å². The molecule has 1 aromatic carbocycles. The van der Waals surface area contributed by atoms with Crippen LogP contribution < -0.4 is 4.90 Å². The highest BCUT2D eigenvalue weighted by Gasteiger charge is 2.30. The average Bonchev–Trinajstić information content (AvgIpc) is 3.39. The smallest absolute Gasteiger partial charge is 0.278 e. The number of benzene rings is 1. The van der Waals surface area contributed by atoms with Crippen molar-refractivity contribution < 1.29 is 9.59 Å². The summed E-state index contributed by atoms with van der Waals surface area (Å²) in [5, 5.41) is 7.29. The van der Waals surface area contributed by atoms with Crippen molar-refractivity contribution >= 4 is 17.5 Å². The molecular weight excluding hydrogens is 340 g/mol. The lowest BCUT2D eigenvalue weighted by Gasteiger charge is -2.31. The number of carbonyl (C=O) groups is 2. The van der Waals surface area contributed by atoms with Gasteiger partial charge in [-0.15, -0.1) is 0 Å². The summed E-state index contributed by atoms with van der Waals surface area (Å²) in [6.07, 6.45) is 4.98. The Morgan fingerprint density at radius 3 is 2.52 bits per heavy atom. The van der Waals surface area contributed by atoms with Crippen LogP contribution in [0.1, 0.15) is 54.2 Å². The Labute approximate surface area is 159 Å². The second-order valence-electron chi connectivity index (χ2n) is 7.71. The van der Waals surface area contributed by atoms with Crippen LogP contribution in [0.4, 0.5) is 5.69 Å². The zero-order chi connectivity index (χ0) is 18.8. The molecule has 1 aromatic heterocycles. The van der Waals surface area contributed by atoms with Crippen molar-refractivity contribution in [2.24, 2.45) is 5.92 Å². The molecule has 2 fully saturated rings. The predicted octanol–water partition coefficient (Wildman–Crippen LogP) is 3.19. The third-order valence-electron chi connectivity index (χ3n) is 5.71. The fourth-order valence-corrected chi connectivity index (χ4v) is 3.73. The van der Waals surface area contributed by atoms with Gasteiger partial charge in [0.25, 0.3) is 5.91 Å². The normalized spacial score (nSPS) is 17.7. The Morgan fingerprint density at radius 2 is 1.85 bits per heavy atom. The summed E-state index contributed by atoms with van der Waals surface area (Å²) in [5.74, 6) is 1.14. The summed E-state index contributed by atoms with van der Waals surface area (Å²) in [6.45, 7) is 1.59. The standard InChI is InChI=1S/C21H26N4O2/c1-24(17-5-3-2-4-6-17)21(27)19-14-18(22-23-19)16-9-11-25(12-10-16)20(26)13-15-7-8-15/h2-6,14-16H,7-13H2,1H3,(H,22,23). The van der Waals surface area contributed by atoms with Gasteiger partial charge in [-0.1, -0.05) is 18.2 Å². The van der Waals surface area contributed by atoms with E-state index < -0.39 is 0 Å². The van der Waals surface area contributed by atoms with Gasteiger partial charge in [0.1, 0.15) is 0 Å². The molecule has 2 aromatic rings. The van der Waals surface area contributed by atoms with Gasteiger partial charge >= 0.3 is 0 Å². The first-order valence-electron chi connectivity index (χ1n) is 9.78. The van der Waals surface area contributed by atoms with Gasteiger partial charge in [0.05, 0.1) is 0 Å². The van der Waals surface area contributed by atoms with E-state index in [1.54, 1.807) is 11.9 Å². The Balaban J connectivity index is 1.35. The van der Waals surface area contributed by atoms with Crippen LogP contribution in [-0.4, -0.2) is 47.0 Å². The molecule has 1 aliphatic carbocycles. The first kappa shape index (κ1) is 17.8. The van der Waals surface area contributed by atoms with Gasteiger partial charge in [0.2, 0.25) is 5.91 Å². The number of nitrogens with one attached hydrogen (secondary N) is 1. The molecule has 2 aliphatic rings. The number of carbonyl (C=O) groups excluding carboxylic acids is 2. The summed E-state index contributed by atoms with van der Waals surface area (Å²) in [4.78, 5) is 28.5. The molecule has 0 radical (unpaired) electrons. The highest BCUT2D eigenvalue weighted by atomic mass is 16.2. The van der Waals surface area contributed by atoms with Crippen molar-refractivity contribution in [3.05, 3.63) is 47.8 Å². The van der Waals surface area contributed by atoms with Gasteiger partial charge in [-0.05, 0) is 49.8 Å². The van der Waals surface area contributed by atoms with Crippen LogP contribution >= 0.6 is 0 Å². The third kappa shape index (κ3) is 4.04. The van der Waals surface area contributed by atoms with Crippen LogP contribution in [0.5, 0.6) is 0 Å². The molecule has 6 heteroatoms.